The summed E-state index contributed by atoms with van der Waals surface area (Å²) in [5.74, 6) is -0.0545. The molecule has 0 bridgehead atoms. The molecule has 6 heteroatoms. The van der Waals surface area contributed by atoms with Gasteiger partial charge in [0.15, 0.2) is 0 Å². The summed E-state index contributed by atoms with van der Waals surface area (Å²) >= 11 is 0. The van der Waals surface area contributed by atoms with Crippen molar-refractivity contribution in [2.45, 2.75) is 6.42 Å². The maximum absolute atomic E-state index is 12.3. The van der Waals surface area contributed by atoms with Crippen LogP contribution >= 0.6 is 0 Å². The van der Waals surface area contributed by atoms with Gasteiger partial charge in [-0.1, -0.05) is 0 Å². The van der Waals surface area contributed by atoms with E-state index in [-0.39, 0.29) is 11.5 Å². The Morgan fingerprint density at radius 1 is 1.30 bits per heavy atom. The van der Waals surface area contributed by atoms with Crippen LogP contribution in [0.25, 0.3) is 0 Å². The first-order valence-electron chi connectivity index (χ1n) is 7.00. The molecule has 1 aliphatic heterocycles. The average Bonchev–Trinajstić information content (AvgIpc) is 2.48. The molecule has 2 heterocycles. The second kappa shape index (κ2) is 6.67. The molecule has 0 spiro atoms. The molecule has 1 amide bonds. The van der Waals surface area contributed by atoms with Gasteiger partial charge in [0.05, 0.1) is 0 Å². The second-order valence-electron chi connectivity index (χ2n) is 5.14. The summed E-state index contributed by atoms with van der Waals surface area (Å²) in [5.41, 5.74) is 5.82. The largest absolute Gasteiger partial charge is 0.336 e. The fraction of sp³-hybridized carbons (Fsp3) is 0.571. The Labute approximate surface area is 118 Å². The Morgan fingerprint density at radius 2 is 2.00 bits per heavy atom. The summed E-state index contributed by atoms with van der Waals surface area (Å²) in [6.45, 7) is 4.85. The number of rotatable bonds is 4. The molecular formula is C14H22N4O2. The SMILES string of the molecule is Cn1ccc(C(=O)N2CCN(CCCN)CC2)cc1=O. The predicted molar refractivity (Wildman–Crippen MR) is 77.7 cm³/mol. The third-order valence-corrected chi connectivity index (χ3v) is 3.69. The molecular weight excluding hydrogens is 256 g/mol. The zero-order valence-electron chi connectivity index (χ0n) is 11.9. The van der Waals surface area contributed by atoms with E-state index in [4.69, 9.17) is 5.73 Å². The Kier molecular flexibility index (Phi) is 4.92. The first-order chi connectivity index (χ1) is 9.61. The molecule has 20 heavy (non-hydrogen) atoms. The van der Waals surface area contributed by atoms with Crippen molar-refractivity contribution in [1.29, 1.82) is 0 Å². The number of piperazine rings is 1. The monoisotopic (exact) mass is 278 g/mol. The molecule has 6 nitrogen and oxygen atoms in total. The lowest BCUT2D eigenvalue weighted by Gasteiger charge is -2.34. The Morgan fingerprint density at radius 3 is 2.60 bits per heavy atom. The molecule has 0 aliphatic carbocycles. The molecule has 1 saturated heterocycles. The molecule has 1 fully saturated rings. The average molecular weight is 278 g/mol. The van der Waals surface area contributed by atoms with Crippen LogP contribution in [0.5, 0.6) is 0 Å². The van der Waals surface area contributed by atoms with E-state index in [1.54, 1.807) is 19.3 Å². The van der Waals surface area contributed by atoms with Crippen molar-refractivity contribution in [3.05, 3.63) is 34.2 Å². The van der Waals surface area contributed by atoms with Crippen molar-refractivity contribution in [3.8, 4) is 0 Å². The summed E-state index contributed by atoms with van der Waals surface area (Å²) in [6.07, 6.45) is 2.62. The highest BCUT2D eigenvalue weighted by Gasteiger charge is 2.21. The van der Waals surface area contributed by atoms with Crippen molar-refractivity contribution in [2.75, 3.05) is 39.3 Å². The zero-order valence-corrected chi connectivity index (χ0v) is 11.9. The van der Waals surface area contributed by atoms with Crippen molar-refractivity contribution in [2.24, 2.45) is 12.8 Å². The molecule has 1 aliphatic rings. The van der Waals surface area contributed by atoms with E-state index < -0.39 is 0 Å². The van der Waals surface area contributed by atoms with E-state index in [1.165, 1.54) is 10.6 Å². The lowest BCUT2D eigenvalue weighted by molar-refractivity contribution is 0.0636. The third kappa shape index (κ3) is 3.46. The molecule has 0 unspecified atom stereocenters. The standard InChI is InChI=1S/C14H22N4O2/c1-16-6-3-12(11-13(16)19)14(20)18-9-7-17(8-10-18)5-2-4-15/h3,6,11H,2,4-5,7-10,15H2,1H3. The highest BCUT2D eigenvalue weighted by molar-refractivity contribution is 5.94. The summed E-state index contributed by atoms with van der Waals surface area (Å²) in [6, 6.07) is 3.10. The number of hydrogen-bond donors (Lipinski definition) is 1. The summed E-state index contributed by atoms with van der Waals surface area (Å²) in [5, 5.41) is 0. The molecule has 0 atom stereocenters. The Hall–Kier alpha value is -1.66. The predicted octanol–water partition coefficient (Wildman–Crippen LogP) is -0.508. The molecule has 0 aromatic carbocycles. The number of carbonyl (C=O) groups excluding carboxylic acids is 1. The second-order valence-corrected chi connectivity index (χ2v) is 5.14. The number of nitrogens with zero attached hydrogens (tertiary/aromatic N) is 3. The Balaban J connectivity index is 1.94. The van der Waals surface area contributed by atoms with Gasteiger partial charge in [0, 0.05) is 51.1 Å². The lowest BCUT2D eigenvalue weighted by atomic mass is 10.2. The number of aromatic nitrogens is 1. The van der Waals surface area contributed by atoms with Gasteiger partial charge in [-0.2, -0.15) is 0 Å². The fourth-order valence-electron chi connectivity index (χ4n) is 2.35. The summed E-state index contributed by atoms with van der Waals surface area (Å²) in [4.78, 5) is 28.0. The van der Waals surface area contributed by atoms with Crippen LogP contribution in [-0.4, -0.2) is 59.5 Å². The number of pyridine rings is 1. The van der Waals surface area contributed by atoms with Gasteiger partial charge in [0.1, 0.15) is 0 Å². The first kappa shape index (κ1) is 14.7. The molecule has 0 radical (unpaired) electrons. The summed E-state index contributed by atoms with van der Waals surface area (Å²) < 4.78 is 1.46. The first-order valence-corrected chi connectivity index (χ1v) is 7.00. The highest BCUT2D eigenvalue weighted by atomic mass is 16.2. The van der Waals surface area contributed by atoms with Gasteiger partial charge >= 0.3 is 0 Å². The number of aryl methyl sites for hydroxylation is 1. The topological polar surface area (TPSA) is 71.6 Å². The van der Waals surface area contributed by atoms with Crippen molar-refractivity contribution >= 4 is 5.91 Å². The van der Waals surface area contributed by atoms with Crippen LogP contribution in [0.15, 0.2) is 23.1 Å². The molecule has 1 aromatic heterocycles. The molecule has 2 rings (SSSR count). The van der Waals surface area contributed by atoms with E-state index in [0.29, 0.717) is 25.2 Å². The number of carbonyl (C=O) groups is 1. The van der Waals surface area contributed by atoms with Crippen LogP contribution in [0.4, 0.5) is 0 Å². The normalized spacial score (nSPS) is 16.4. The highest BCUT2D eigenvalue weighted by Crippen LogP contribution is 2.07. The van der Waals surface area contributed by atoms with Gasteiger partial charge in [-0.05, 0) is 25.6 Å². The van der Waals surface area contributed by atoms with Gasteiger partial charge in [-0.3, -0.25) is 14.5 Å². The van der Waals surface area contributed by atoms with Crippen LogP contribution in [-0.2, 0) is 7.05 Å². The van der Waals surface area contributed by atoms with Crippen LogP contribution in [0.2, 0.25) is 0 Å². The van der Waals surface area contributed by atoms with Gasteiger partial charge in [-0.15, -0.1) is 0 Å². The molecule has 110 valence electrons. The number of amides is 1. The van der Waals surface area contributed by atoms with Crippen molar-refractivity contribution in [1.82, 2.24) is 14.4 Å². The van der Waals surface area contributed by atoms with Gasteiger partial charge in [-0.25, -0.2) is 0 Å². The van der Waals surface area contributed by atoms with E-state index in [2.05, 4.69) is 4.90 Å². The van der Waals surface area contributed by atoms with Crippen LogP contribution in [0.3, 0.4) is 0 Å². The van der Waals surface area contributed by atoms with Gasteiger partial charge < -0.3 is 15.2 Å². The maximum Gasteiger partial charge on any atom is 0.254 e. The molecule has 2 N–H and O–H groups in total. The smallest absolute Gasteiger partial charge is 0.254 e. The quantitative estimate of drug-likeness (QED) is 0.805. The van der Waals surface area contributed by atoms with E-state index in [0.717, 1.165) is 26.1 Å². The Bertz CT molecular complexity index is 518. The fourth-order valence-corrected chi connectivity index (χ4v) is 2.35. The number of hydrogen-bond acceptors (Lipinski definition) is 4. The maximum atomic E-state index is 12.3. The molecule has 0 saturated carbocycles. The van der Waals surface area contributed by atoms with Crippen molar-refractivity contribution < 1.29 is 4.79 Å². The minimum atomic E-state index is -0.155. The summed E-state index contributed by atoms with van der Waals surface area (Å²) in [7, 11) is 1.67. The van der Waals surface area contributed by atoms with Crippen LogP contribution < -0.4 is 11.3 Å². The lowest BCUT2D eigenvalue weighted by Crippen LogP contribution is -2.49. The van der Waals surface area contributed by atoms with Gasteiger partial charge in [0.25, 0.3) is 11.5 Å². The number of nitrogens with two attached hydrogens (primary N) is 1. The van der Waals surface area contributed by atoms with Gasteiger partial charge in [0.2, 0.25) is 0 Å². The minimum absolute atomic E-state index is 0.0545. The van der Waals surface area contributed by atoms with E-state index >= 15 is 0 Å². The van der Waals surface area contributed by atoms with Crippen molar-refractivity contribution in [3.63, 3.8) is 0 Å². The molecule has 1 aromatic rings. The van der Waals surface area contributed by atoms with Crippen LogP contribution in [0.1, 0.15) is 16.8 Å². The minimum Gasteiger partial charge on any atom is -0.336 e. The third-order valence-electron chi connectivity index (χ3n) is 3.69. The van der Waals surface area contributed by atoms with E-state index in [1.807, 2.05) is 4.90 Å². The van der Waals surface area contributed by atoms with Crippen LogP contribution in [0, 0.1) is 0 Å². The zero-order chi connectivity index (χ0) is 14.5. The van der Waals surface area contributed by atoms with E-state index in [9.17, 15) is 9.59 Å².